The van der Waals surface area contributed by atoms with Crippen LogP contribution in [0.5, 0.6) is 0 Å². The lowest BCUT2D eigenvalue weighted by molar-refractivity contribution is 0.418. The van der Waals surface area contributed by atoms with E-state index in [-0.39, 0.29) is 17.2 Å². The van der Waals surface area contributed by atoms with Crippen LogP contribution in [-0.4, -0.2) is 20.5 Å². The molecule has 6 heteroatoms. The number of rotatable bonds is 4. The minimum atomic E-state index is -0.367. The first-order valence-electron chi connectivity index (χ1n) is 6.36. The van der Waals surface area contributed by atoms with Gasteiger partial charge in [0, 0.05) is 23.8 Å². The van der Waals surface area contributed by atoms with Crippen LogP contribution in [0.25, 0.3) is 0 Å². The number of halogens is 1. The Balaban J connectivity index is 2.15. The highest BCUT2D eigenvalue weighted by Gasteiger charge is 2.13. The monoisotopic (exact) mass is 275 g/mol. The fourth-order valence-corrected chi connectivity index (χ4v) is 1.57. The molecule has 0 saturated heterocycles. The lowest BCUT2D eigenvalue weighted by Crippen LogP contribution is -2.35. The van der Waals surface area contributed by atoms with E-state index in [0.29, 0.717) is 17.8 Å². The average molecular weight is 275 g/mol. The lowest BCUT2D eigenvalue weighted by atomic mass is 10.1. The summed E-state index contributed by atoms with van der Waals surface area (Å²) in [5.41, 5.74) is 1.09. The molecule has 0 aliphatic rings. The van der Waals surface area contributed by atoms with Crippen LogP contribution in [-0.2, 0) is 6.54 Å². The predicted molar refractivity (Wildman–Crippen MR) is 76.1 cm³/mol. The van der Waals surface area contributed by atoms with E-state index in [4.69, 9.17) is 0 Å². The van der Waals surface area contributed by atoms with Crippen LogP contribution in [0, 0.1) is 5.82 Å². The molecule has 0 radical (unpaired) electrons. The zero-order valence-electron chi connectivity index (χ0n) is 11.8. The van der Waals surface area contributed by atoms with Gasteiger partial charge < -0.3 is 10.6 Å². The molecule has 0 spiro atoms. The van der Waals surface area contributed by atoms with E-state index < -0.39 is 0 Å². The summed E-state index contributed by atoms with van der Waals surface area (Å²) in [6, 6.07) is 1.67. The minimum absolute atomic E-state index is 0.0728. The van der Waals surface area contributed by atoms with Crippen LogP contribution in [0.1, 0.15) is 26.3 Å². The summed E-state index contributed by atoms with van der Waals surface area (Å²) in [7, 11) is 0. The van der Waals surface area contributed by atoms with Crippen molar-refractivity contribution < 1.29 is 4.39 Å². The summed E-state index contributed by atoms with van der Waals surface area (Å²) in [5, 5.41) is 6.12. The SMILES string of the molecule is CC(C)(C)NCc1ccnc(Nc2cncnc2)c1F. The molecule has 2 rings (SSSR count). The third-order valence-electron chi connectivity index (χ3n) is 2.60. The first-order valence-corrected chi connectivity index (χ1v) is 6.36. The van der Waals surface area contributed by atoms with Gasteiger partial charge in [0.15, 0.2) is 11.6 Å². The second-order valence-electron chi connectivity index (χ2n) is 5.49. The zero-order valence-corrected chi connectivity index (χ0v) is 11.8. The first kappa shape index (κ1) is 14.3. The number of pyridine rings is 1. The predicted octanol–water partition coefficient (Wildman–Crippen LogP) is 2.64. The van der Waals surface area contributed by atoms with E-state index in [2.05, 4.69) is 25.6 Å². The molecule has 0 aliphatic carbocycles. The molecule has 0 aliphatic heterocycles. The molecule has 2 heterocycles. The van der Waals surface area contributed by atoms with Crippen LogP contribution in [0.2, 0.25) is 0 Å². The molecule has 106 valence electrons. The largest absolute Gasteiger partial charge is 0.335 e. The second-order valence-corrected chi connectivity index (χ2v) is 5.49. The molecular weight excluding hydrogens is 257 g/mol. The molecule has 2 N–H and O–H groups in total. The van der Waals surface area contributed by atoms with Gasteiger partial charge in [0.25, 0.3) is 0 Å². The molecule has 0 saturated carbocycles. The Morgan fingerprint density at radius 2 is 1.90 bits per heavy atom. The van der Waals surface area contributed by atoms with Crippen LogP contribution >= 0.6 is 0 Å². The van der Waals surface area contributed by atoms with Crippen LogP contribution < -0.4 is 10.6 Å². The number of hydrogen-bond acceptors (Lipinski definition) is 5. The Morgan fingerprint density at radius 3 is 2.55 bits per heavy atom. The fourth-order valence-electron chi connectivity index (χ4n) is 1.57. The van der Waals surface area contributed by atoms with Crippen molar-refractivity contribution in [3.05, 3.63) is 42.4 Å². The molecule has 0 unspecified atom stereocenters. The van der Waals surface area contributed by atoms with Crippen molar-refractivity contribution >= 4 is 11.5 Å². The Hall–Kier alpha value is -2.08. The Kier molecular flexibility index (Phi) is 4.24. The standard InChI is InChI=1S/C14H18FN5/c1-14(2,3)19-6-10-4-5-18-13(12(10)15)20-11-7-16-9-17-8-11/h4-5,7-9,19H,6H2,1-3H3,(H,18,20). The summed E-state index contributed by atoms with van der Waals surface area (Å²) >= 11 is 0. The molecule has 0 aromatic carbocycles. The highest BCUT2D eigenvalue weighted by Crippen LogP contribution is 2.19. The van der Waals surface area contributed by atoms with Crippen molar-refractivity contribution in [3.8, 4) is 0 Å². The quantitative estimate of drug-likeness (QED) is 0.898. The number of nitrogens with one attached hydrogen (secondary N) is 2. The molecule has 2 aromatic rings. The molecule has 5 nitrogen and oxygen atoms in total. The maximum absolute atomic E-state index is 14.3. The number of aromatic nitrogens is 3. The van der Waals surface area contributed by atoms with Crippen LogP contribution in [0.3, 0.4) is 0 Å². The Bertz CT molecular complexity index is 566. The minimum Gasteiger partial charge on any atom is -0.335 e. The van der Waals surface area contributed by atoms with Crippen molar-refractivity contribution in [1.29, 1.82) is 0 Å². The molecular formula is C14H18FN5. The van der Waals surface area contributed by atoms with Gasteiger partial charge in [-0.1, -0.05) is 0 Å². The summed E-state index contributed by atoms with van der Waals surface area (Å²) in [6.07, 6.45) is 6.12. The van der Waals surface area contributed by atoms with E-state index in [1.807, 2.05) is 20.8 Å². The van der Waals surface area contributed by atoms with Gasteiger partial charge in [-0.15, -0.1) is 0 Å². The average Bonchev–Trinajstić information content (AvgIpc) is 2.40. The van der Waals surface area contributed by atoms with Crippen molar-refractivity contribution in [3.63, 3.8) is 0 Å². The zero-order chi connectivity index (χ0) is 14.6. The Labute approximate surface area is 117 Å². The highest BCUT2D eigenvalue weighted by atomic mass is 19.1. The third kappa shape index (κ3) is 3.96. The highest BCUT2D eigenvalue weighted by molar-refractivity contribution is 5.55. The second kappa shape index (κ2) is 5.92. The Morgan fingerprint density at radius 1 is 1.20 bits per heavy atom. The van der Waals surface area contributed by atoms with Crippen molar-refractivity contribution in [1.82, 2.24) is 20.3 Å². The normalized spacial score (nSPS) is 11.4. The van der Waals surface area contributed by atoms with Gasteiger partial charge in [0.2, 0.25) is 0 Å². The maximum atomic E-state index is 14.3. The number of anilines is 2. The summed E-state index contributed by atoms with van der Waals surface area (Å²) in [5.74, 6) is -0.193. The molecule has 2 aromatic heterocycles. The van der Waals surface area contributed by atoms with Crippen molar-refractivity contribution in [2.75, 3.05) is 5.32 Å². The van der Waals surface area contributed by atoms with Crippen LogP contribution in [0.4, 0.5) is 15.9 Å². The number of nitrogens with zero attached hydrogens (tertiary/aromatic N) is 3. The van der Waals surface area contributed by atoms with Gasteiger partial charge in [-0.05, 0) is 26.8 Å². The third-order valence-corrected chi connectivity index (χ3v) is 2.60. The van der Waals surface area contributed by atoms with Gasteiger partial charge in [-0.2, -0.15) is 0 Å². The van der Waals surface area contributed by atoms with Gasteiger partial charge in [-0.25, -0.2) is 19.3 Å². The van der Waals surface area contributed by atoms with E-state index in [1.54, 1.807) is 24.7 Å². The first-order chi connectivity index (χ1) is 9.46. The summed E-state index contributed by atoms with van der Waals surface area (Å²) in [4.78, 5) is 11.7. The van der Waals surface area contributed by atoms with E-state index >= 15 is 0 Å². The van der Waals surface area contributed by atoms with E-state index in [1.165, 1.54) is 6.33 Å². The lowest BCUT2D eigenvalue weighted by Gasteiger charge is -2.21. The molecule has 0 atom stereocenters. The summed E-state index contributed by atoms with van der Waals surface area (Å²) < 4.78 is 14.3. The van der Waals surface area contributed by atoms with Crippen molar-refractivity contribution in [2.24, 2.45) is 0 Å². The van der Waals surface area contributed by atoms with Gasteiger partial charge >= 0.3 is 0 Å². The molecule has 0 fully saturated rings. The van der Waals surface area contributed by atoms with E-state index in [0.717, 1.165) is 0 Å². The smallest absolute Gasteiger partial charge is 0.170 e. The molecule has 0 amide bonds. The van der Waals surface area contributed by atoms with Crippen molar-refractivity contribution in [2.45, 2.75) is 32.9 Å². The fraction of sp³-hybridized carbons (Fsp3) is 0.357. The van der Waals surface area contributed by atoms with Crippen LogP contribution in [0.15, 0.2) is 31.0 Å². The summed E-state index contributed by atoms with van der Waals surface area (Å²) in [6.45, 7) is 6.55. The molecule has 20 heavy (non-hydrogen) atoms. The van der Waals surface area contributed by atoms with Gasteiger partial charge in [0.1, 0.15) is 6.33 Å². The topological polar surface area (TPSA) is 62.7 Å². The maximum Gasteiger partial charge on any atom is 0.170 e. The number of hydrogen-bond donors (Lipinski definition) is 2. The molecule has 0 bridgehead atoms. The van der Waals surface area contributed by atoms with Gasteiger partial charge in [-0.3, -0.25) is 0 Å². The van der Waals surface area contributed by atoms with Gasteiger partial charge in [0.05, 0.1) is 18.1 Å². The van der Waals surface area contributed by atoms with E-state index in [9.17, 15) is 4.39 Å².